The monoisotopic (exact) mass is 372 g/mol. The first-order chi connectivity index (χ1) is 12.0. The summed E-state index contributed by atoms with van der Waals surface area (Å²) in [6, 6.07) is 9.82. The van der Waals surface area contributed by atoms with Gasteiger partial charge >= 0.3 is 12.1 Å². The van der Waals surface area contributed by atoms with E-state index >= 15 is 0 Å². The van der Waals surface area contributed by atoms with Crippen molar-refractivity contribution in [3.8, 4) is 5.75 Å². The second kappa shape index (κ2) is 7.33. The Kier molecular flexibility index (Phi) is 5.56. The quantitative estimate of drug-likeness (QED) is 0.757. The van der Waals surface area contributed by atoms with Crippen molar-refractivity contribution in [3.63, 3.8) is 0 Å². The number of carboxylic acids is 1. The maximum Gasteiger partial charge on any atom is 0.421 e. The van der Waals surface area contributed by atoms with Crippen molar-refractivity contribution in [3.05, 3.63) is 65.0 Å². The largest absolute Gasteiger partial charge is 0.488 e. The van der Waals surface area contributed by atoms with E-state index in [4.69, 9.17) is 9.84 Å². The molecule has 26 heavy (non-hydrogen) atoms. The van der Waals surface area contributed by atoms with Gasteiger partial charge in [-0.1, -0.05) is 30.3 Å². The number of carbonyl (C=O) groups is 1. The molecule has 0 aliphatic heterocycles. The highest BCUT2D eigenvalue weighted by Crippen LogP contribution is 2.43. The third-order valence-electron chi connectivity index (χ3n) is 3.80. The third kappa shape index (κ3) is 4.32. The zero-order valence-corrected chi connectivity index (χ0v) is 13.7. The van der Waals surface area contributed by atoms with E-state index in [2.05, 4.69) is 0 Å². The summed E-state index contributed by atoms with van der Waals surface area (Å²) in [5, 5.41) is 18.7. The Labute approximate surface area is 146 Å². The van der Waals surface area contributed by atoms with E-state index in [1.165, 1.54) is 0 Å². The number of halogens is 4. The lowest BCUT2D eigenvalue weighted by molar-refractivity contribution is -0.259. The zero-order valence-electron chi connectivity index (χ0n) is 13.7. The minimum absolute atomic E-state index is 0.139. The van der Waals surface area contributed by atoms with Crippen LogP contribution in [-0.2, 0) is 23.4 Å². The summed E-state index contributed by atoms with van der Waals surface area (Å²) in [6.07, 6.45) is -5.82. The minimum Gasteiger partial charge on any atom is -0.488 e. The molecule has 0 aliphatic rings. The third-order valence-corrected chi connectivity index (χ3v) is 3.80. The first-order valence-electron chi connectivity index (χ1n) is 7.53. The van der Waals surface area contributed by atoms with Crippen molar-refractivity contribution in [2.45, 2.75) is 31.7 Å². The Balaban J connectivity index is 2.48. The van der Waals surface area contributed by atoms with Crippen molar-refractivity contribution in [1.82, 2.24) is 0 Å². The molecule has 1 unspecified atom stereocenters. The van der Waals surface area contributed by atoms with Crippen LogP contribution in [0.3, 0.4) is 0 Å². The lowest BCUT2D eigenvalue weighted by Gasteiger charge is -2.29. The predicted molar refractivity (Wildman–Crippen MR) is 84.1 cm³/mol. The van der Waals surface area contributed by atoms with E-state index in [0.717, 1.165) is 6.07 Å². The van der Waals surface area contributed by atoms with Crippen LogP contribution in [0, 0.1) is 5.82 Å². The highest BCUT2D eigenvalue weighted by Gasteiger charge is 2.53. The summed E-state index contributed by atoms with van der Waals surface area (Å²) in [6.45, 7) is 0.341. The van der Waals surface area contributed by atoms with Crippen LogP contribution in [0.4, 0.5) is 17.6 Å². The van der Waals surface area contributed by atoms with Gasteiger partial charge in [-0.3, -0.25) is 4.79 Å². The molecule has 1 atom stereocenters. The van der Waals surface area contributed by atoms with Gasteiger partial charge in [0, 0.05) is 11.1 Å². The fourth-order valence-electron chi connectivity index (χ4n) is 2.28. The van der Waals surface area contributed by atoms with Crippen molar-refractivity contribution in [2.24, 2.45) is 0 Å². The molecular weight excluding hydrogens is 356 g/mol. The van der Waals surface area contributed by atoms with E-state index in [1.54, 1.807) is 30.3 Å². The van der Waals surface area contributed by atoms with Crippen molar-refractivity contribution >= 4 is 5.97 Å². The molecule has 0 fully saturated rings. The summed E-state index contributed by atoms with van der Waals surface area (Å²) in [5.74, 6) is -2.96. The van der Waals surface area contributed by atoms with E-state index in [9.17, 15) is 27.5 Å². The Morgan fingerprint density at radius 3 is 2.31 bits per heavy atom. The molecule has 4 nitrogen and oxygen atoms in total. The zero-order chi connectivity index (χ0) is 19.5. The summed E-state index contributed by atoms with van der Waals surface area (Å²) in [7, 11) is 0. The molecule has 2 N–H and O–H groups in total. The maximum absolute atomic E-state index is 14.1. The van der Waals surface area contributed by atoms with Crippen LogP contribution in [0.25, 0.3) is 0 Å². The van der Waals surface area contributed by atoms with Gasteiger partial charge in [0.05, 0.1) is 6.42 Å². The van der Waals surface area contributed by atoms with Gasteiger partial charge in [0.2, 0.25) is 0 Å². The number of carboxylic acid groups (broad SMARTS) is 1. The van der Waals surface area contributed by atoms with Crippen LogP contribution in [0.2, 0.25) is 0 Å². The molecule has 2 aromatic rings. The predicted octanol–water partition coefficient (Wildman–Crippen LogP) is 3.80. The van der Waals surface area contributed by atoms with Crippen molar-refractivity contribution in [2.75, 3.05) is 0 Å². The molecule has 0 aliphatic carbocycles. The van der Waals surface area contributed by atoms with Gasteiger partial charge in [0.15, 0.2) is 5.60 Å². The molecule has 8 heteroatoms. The average molecular weight is 372 g/mol. The summed E-state index contributed by atoms with van der Waals surface area (Å²) in [4.78, 5) is 10.8. The molecule has 140 valence electrons. The molecule has 0 amide bonds. The lowest BCUT2D eigenvalue weighted by atomic mass is 9.92. The van der Waals surface area contributed by atoms with Crippen LogP contribution in [0.15, 0.2) is 42.5 Å². The van der Waals surface area contributed by atoms with Gasteiger partial charge in [-0.2, -0.15) is 13.2 Å². The number of alkyl halides is 3. The van der Waals surface area contributed by atoms with E-state index in [-0.39, 0.29) is 12.2 Å². The molecule has 0 saturated heterocycles. The van der Waals surface area contributed by atoms with E-state index in [1.807, 2.05) is 0 Å². The molecule has 0 aromatic heterocycles. The van der Waals surface area contributed by atoms with Gasteiger partial charge in [-0.25, -0.2) is 4.39 Å². The Morgan fingerprint density at radius 2 is 1.77 bits per heavy atom. The van der Waals surface area contributed by atoms with Gasteiger partial charge in [0.1, 0.15) is 18.2 Å². The number of hydrogen-bond acceptors (Lipinski definition) is 3. The molecule has 0 bridgehead atoms. The van der Waals surface area contributed by atoms with Crippen LogP contribution in [-0.4, -0.2) is 22.4 Å². The molecule has 0 heterocycles. The number of ether oxygens (including phenoxy) is 1. The fourth-order valence-corrected chi connectivity index (χ4v) is 2.28. The van der Waals surface area contributed by atoms with E-state index in [0.29, 0.717) is 18.6 Å². The first kappa shape index (κ1) is 19.7. The number of aliphatic carboxylic acids is 1. The first-order valence-corrected chi connectivity index (χ1v) is 7.53. The minimum atomic E-state index is -5.08. The topological polar surface area (TPSA) is 66.8 Å². The molecule has 2 rings (SSSR count). The maximum atomic E-state index is 14.1. The SMILES string of the molecule is CC(O)(c1cc(F)c(CC(=O)O)cc1OCc1ccccc1)C(F)(F)F. The van der Waals surface area contributed by atoms with E-state index < -0.39 is 41.3 Å². The van der Waals surface area contributed by atoms with Crippen LogP contribution in [0.1, 0.15) is 23.6 Å². The Hall–Kier alpha value is -2.61. The van der Waals surface area contributed by atoms with Gasteiger partial charge in [-0.05, 0) is 24.6 Å². The van der Waals surface area contributed by atoms with Gasteiger partial charge < -0.3 is 14.9 Å². The van der Waals surface area contributed by atoms with Crippen molar-refractivity contribution < 1.29 is 37.3 Å². The van der Waals surface area contributed by atoms with Gasteiger partial charge in [0.25, 0.3) is 0 Å². The molecular formula is C18H16F4O4. The van der Waals surface area contributed by atoms with Crippen molar-refractivity contribution in [1.29, 1.82) is 0 Å². The summed E-state index contributed by atoms with van der Waals surface area (Å²) >= 11 is 0. The Bertz CT molecular complexity index is 786. The lowest BCUT2D eigenvalue weighted by Crippen LogP contribution is -2.39. The number of benzene rings is 2. The summed E-state index contributed by atoms with van der Waals surface area (Å²) in [5.41, 5.74) is -3.91. The second-order valence-corrected chi connectivity index (χ2v) is 5.85. The van der Waals surface area contributed by atoms with Crippen LogP contribution >= 0.6 is 0 Å². The number of hydrogen-bond donors (Lipinski definition) is 2. The fraction of sp³-hybridized carbons (Fsp3) is 0.278. The second-order valence-electron chi connectivity index (χ2n) is 5.85. The Morgan fingerprint density at radius 1 is 1.15 bits per heavy atom. The molecule has 2 aromatic carbocycles. The molecule has 0 saturated carbocycles. The average Bonchev–Trinajstić information content (AvgIpc) is 2.54. The highest BCUT2D eigenvalue weighted by atomic mass is 19.4. The summed E-state index contributed by atoms with van der Waals surface area (Å²) < 4.78 is 59.0. The number of aliphatic hydroxyl groups is 1. The molecule has 0 spiro atoms. The highest BCUT2D eigenvalue weighted by molar-refractivity contribution is 5.70. The molecule has 0 radical (unpaired) electrons. The van der Waals surface area contributed by atoms with Crippen LogP contribution < -0.4 is 4.74 Å². The van der Waals surface area contributed by atoms with Crippen LogP contribution in [0.5, 0.6) is 5.75 Å². The smallest absolute Gasteiger partial charge is 0.421 e. The number of rotatable bonds is 6. The standard InChI is InChI=1S/C18H16F4O4/c1-17(25,18(20,21)22)13-9-14(19)12(8-16(23)24)7-15(13)26-10-11-5-3-2-4-6-11/h2-7,9,25H,8,10H2,1H3,(H,23,24). The van der Waals surface area contributed by atoms with Gasteiger partial charge in [-0.15, -0.1) is 0 Å². The normalized spacial score (nSPS) is 13.9.